The number of aryl methyl sites for hydroxylation is 2. The molecule has 3 rings (SSSR count). The molecular weight excluding hydrogens is 294 g/mol. The van der Waals surface area contributed by atoms with Crippen molar-refractivity contribution < 1.29 is 8.42 Å². The van der Waals surface area contributed by atoms with Crippen LogP contribution in [0.3, 0.4) is 0 Å². The van der Waals surface area contributed by atoms with Gasteiger partial charge in [0.15, 0.2) is 5.82 Å². The second-order valence-corrected chi connectivity index (χ2v) is 7.81. The lowest BCUT2D eigenvalue weighted by atomic mass is 10.2. The van der Waals surface area contributed by atoms with Gasteiger partial charge in [-0.15, -0.1) is 21.5 Å². The summed E-state index contributed by atoms with van der Waals surface area (Å²) in [7, 11) is 3.05. The molecule has 18 heavy (non-hydrogen) atoms. The van der Waals surface area contributed by atoms with Gasteiger partial charge in [-0.1, -0.05) is 0 Å². The van der Waals surface area contributed by atoms with Crippen molar-refractivity contribution in [2.75, 3.05) is 0 Å². The Balaban J connectivity index is 2.10. The molecule has 8 heteroatoms. The molecule has 0 amide bonds. The van der Waals surface area contributed by atoms with E-state index in [9.17, 15) is 8.42 Å². The van der Waals surface area contributed by atoms with Gasteiger partial charge in [-0.05, 0) is 30.9 Å². The molecule has 0 aliphatic heterocycles. The molecular formula is C10H10ClN3O2S2. The van der Waals surface area contributed by atoms with Crippen LogP contribution in [0.5, 0.6) is 0 Å². The summed E-state index contributed by atoms with van der Waals surface area (Å²) in [5.41, 5.74) is 1.34. The Hall–Kier alpha value is -0.920. The average Bonchev–Trinajstić information content (AvgIpc) is 2.87. The minimum Gasteiger partial charge on any atom is -0.299 e. The third-order valence-corrected chi connectivity index (χ3v) is 5.46. The van der Waals surface area contributed by atoms with E-state index in [1.807, 2.05) is 0 Å². The number of rotatable bonds is 2. The topological polar surface area (TPSA) is 64.8 Å². The van der Waals surface area contributed by atoms with E-state index in [-0.39, 0.29) is 5.16 Å². The SMILES string of the molecule is Cn1c(-c2cc3c(s2)CCC3)nnc1S(=O)(=O)Cl. The molecule has 2 aromatic heterocycles. The van der Waals surface area contributed by atoms with Crippen LogP contribution in [0, 0.1) is 0 Å². The van der Waals surface area contributed by atoms with Crippen LogP contribution in [0.1, 0.15) is 16.9 Å². The Kier molecular flexibility index (Phi) is 2.72. The first kappa shape index (κ1) is 12.1. The Morgan fingerprint density at radius 3 is 2.78 bits per heavy atom. The molecule has 96 valence electrons. The molecule has 0 bridgehead atoms. The van der Waals surface area contributed by atoms with Crippen LogP contribution < -0.4 is 0 Å². The highest BCUT2D eigenvalue weighted by Gasteiger charge is 2.23. The van der Waals surface area contributed by atoms with Crippen LogP contribution in [0.4, 0.5) is 0 Å². The first-order valence-corrected chi connectivity index (χ1v) is 8.55. The summed E-state index contributed by atoms with van der Waals surface area (Å²) >= 11 is 1.65. The van der Waals surface area contributed by atoms with Crippen molar-refractivity contribution in [1.82, 2.24) is 14.8 Å². The van der Waals surface area contributed by atoms with Gasteiger partial charge in [-0.3, -0.25) is 4.57 Å². The summed E-state index contributed by atoms with van der Waals surface area (Å²) in [6, 6.07) is 2.07. The highest BCUT2D eigenvalue weighted by molar-refractivity contribution is 8.13. The van der Waals surface area contributed by atoms with Gasteiger partial charge in [0, 0.05) is 22.6 Å². The lowest BCUT2D eigenvalue weighted by Gasteiger charge is -1.99. The van der Waals surface area contributed by atoms with E-state index in [1.54, 1.807) is 18.4 Å². The fourth-order valence-corrected chi connectivity index (χ4v) is 4.41. The van der Waals surface area contributed by atoms with Gasteiger partial charge in [-0.25, -0.2) is 8.42 Å². The molecule has 0 atom stereocenters. The van der Waals surface area contributed by atoms with E-state index in [2.05, 4.69) is 16.3 Å². The minimum atomic E-state index is -3.85. The van der Waals surface area contributed by atoms with E-state index < -0.39 is 9.05 Å². The van der Waals surface area contributed by atoms with Gasteiger partial charge in [-0.2, -0.15) is 0 Å². The van der Waals surface area contributed by atoms with Gasteiger partial charge < -0.3 is 0 Å². The summed E-state index contributed by atoms with van der Waals surface area (Å²) in [4.78, 5) is 2.31. The minimum absolute atomic E-state index is 0.215. The zero-order valence-corrected chi connectivity index (χ0v) is 11.9. The van der Waals surface area contributed by atoms with Gasteiger partial charge in [0.2, 0.25) is 0 Å². The Morgan fingerprint density at radius 2 is 2.17 bits per heavy atom. The van der Waals surface area contributed by atoms with Gasteiger partial charge in [0.25, 0.3) is 14.2 Å². The molecule has 5 nitrogen and oxygen atoms in total. The smallest absolute Gasteiger partial charge is 0.296 e. The van der Waals surface area contributed by atoms with Crippen LogP contribution in [0.2, 0.25) is 0 Å². The summed E-state index contributed by atoms with van der Waals surface area (Å²) < 4.78 is 24.0. The molecule has 0 saturated carbocycles. The van der Waals surface area contributed by atoms with Crippen LogP contribution in [-0.2, 0) is 28.9 Å². The molecule has 2 aromatic rings. The average molecular weight is 304 g/mol. The van der Waals surface area contributed by atoms with Crippen LogP contribution in [0.15, 0.2) is 11.2 Å². The van der Waals surface area contributed by atoms with Crippen molar-refractivity contribution in [2.24, 2.45) is 7.05 Å². The monoisotopic (exact) mass is 303 g/mol. The maximum atomic E-state index is 11.3. The molecule has 0 aromatic carbocycles. The Labute approximate surface area is 113 Å². The van der Waals surface area contributed by atoms with E-state index in [4.69, 9.17) is 10.7 Å². The van der Waals surface area contributed by atoms with Crippen LogP contribution >= 0.6 is 22.0 Å². The Morgan fingerprint density at radius 1 is 1.39 bits per heavy atom. The number of hydrogen-bond acceptors (Lipinski definition) is 5. The molecule has 0 unspecified atom stereocenters. The van der Waals surface area contributed by atoms with Crippen molar-refractivity contribution in [2.45, 2.75) is 24.4 Å². The predicted molar refractivity (Wildman–Crippen MR) is 69.4 cm³/mol. The molecule has 0 spiro atoms. The van der Waals surface area contributed by atoms with Gasteiger partial charge >= 0.3 is 0 Å². The fourth-order valence-electron chi connectivity index (χ4n) is 2.18. The second kappa shape index (κ2) is 4.04. The van der Waals surface area contributed by atoms with Crippen molar-refractivity contribution in [3.05, 3.63) is 16.5 Å². The third kappa shape index (κ3) is 1.86. The number of hydrogen-bond donors (Lipinski definition) is 0. The summed E-state index contributed by atoms with van der Waals surface area (Å²) in [5.74, 6) is 0.550. The first-order valence-electron chi connectivity index (χ1n) is 5.43. The van der Waals surface area contributed by atoms with Crippen molar-refractivity contribution >= 4 is 31.1 Å². The molecule has 0 radical (unpaired) electrons. The quantitative estimate of drug-likeness (QED) is 0.796. The fraction of sp³-hybridized carbons (Fsp3) is 0.400. The highest BCUT2D eigenvalue weighted by atomic mass is 35.7. The number of thiophene rings is 1. The second-order valence-electron chi connectivity index (χ2n) is 4.22. The van der Waals surface area contributed by atoms with Crippen LogP contribution in [-0.4, -0.2) is 23.2 Å². The lowest BCUT2D eigenvalue weighted by molar-refractivity contribution is 0.593. The van der Waals surface area contributed by atoms with Crippen LogP contribution in [0.25, 0.3) is 10.7 Å². The number of nitrogens with zero attached hydrogens (tertiary/aromatic N) is 3. The zero-order valence-electron chi connectivity index (χ0n) is 9.55. The van der Waals surface area contributed by atoms with E-state index in [0.29, 0.717) is 5.82 Å². The highest BCUT2D eigenvalue weighted by Crippen LogP contribution is 2.36. The normalized spacial score (nSPS) is 15.0. The molecule has 0 saturated heterocycles. The van der Waals surface area contributed by atoms with Crippen molar-refractivity contribution in [3.63, 3.8) is 0 Å². The van der Waals surface area contributed by atoms with E-state index >= 15 is 0 Å². The summed E-state index contributed by atoms with van der Waals surface area (Å²) in [5, 5.41) is 7.36. The zero-order chi connectivity index (χ0) is 12.9. The van der Waals surface area contributed by atoms with Gasteiger partial charge in [0.05, 0.1) is 4.88 Å². The van der Waals surface area contributed by atoms with Crippen molar-refractivity contribution in [1.29, 1.82) is 0 Å². The molecule has 1 aliphatic carbocycles. The lowest BCUT2D eigenvalue weighted by Crippen LogP contribution is -2.02. The Bertz CT molecular complexity index is 696. The number of halogens is 1. The summed E-state index contributed by atoms with van der Waals surface area (Å²) in [6.45, 7) is 0. The third-order valence-electron chi connectivity index (χ3n) is 3.02. The van der Waals surface area contributed by atoms with Crippen molar-refractivity contribution in [3.8, 4) is 10.7 Å². The maximum absolute atomic E-state index is 11.3. The molecule has 1 aliphatic rings. The molecule has 0 fully saturated rings. The van der Waals surface area contributed by atoms with E-state index in [1.165, 1.54) is 21.4 Å². The van der Waals surface area contributed by atoms with E-state index in [0.717, 1.165) is 17.7 Å². The maximum Gasteiger partial charge on any atom is 0.296 e. The molecule has 2 heterocycles. The van der Waals surface area contributed by atoms with Gasteiger partial charge in [0.1, 0.15) is 0 Å². The first-order chi connectivity index (χ1) is 8.47. The standard InChI is InChI=1S/C10H10ClN3O2S2/c1-14-9(12-13-10(14)18(11,15)16)8-5-6-3-2-4-7(6)17-8/h5H,2-4H2,1H3. The summed E-state index contributed by atoms with van der Waals surface area (Å²) in [6.07, 6.45) is 3.38. The molecule has 0 N–H and O–H groups in total. The number of fused-ring (bicyclic) bond motifs is 1. The largest absolute Gasteiger partial charge is 0.299 e. The number of aromatic nitrogens is 3. The predicted octanol–water partition coefficient (Wildman–Crippen LogP) is 1.96.